The Morgan fingerprint density at radius 1 is 0.700 bits per heavy atom. The number of H-pyrrole nitrogens is 2. The van der Waals surface area contributed by atoms with Gasteiger partial charge in [-0.2, -0.15) is 0 Å². The Balaban J connectivity index is 1.22. The van der Waals surface area contributed by atoms with Crippen LogP contribution in [0.2, 0.25) is 0 Å². The summed E-state index contributed by atoms with van der Waals surface area (Å²) < 4.78 is 11.2. The third-order valence-corrected chi connectivity index (χ3v) is 8.85. The van der Waals surface area contributed by atoms with Gasteiger partial charge < -0.3 is 19.4 Å². The maximum atomic E-state index is 12.8. The molecule has 6 rings (SSSR count). The molecule has 2 aromatic carbocycles. The van der Waals surface area contributed by atoms with Crippen molar-refractivity contribution in [3.05, 3.63) is 71.6 Å². The number of carbonyl (C=O) groups excluding carboxylic acids is 4. The van der Waals surface area contributed by atoms with Crippen LogP contribution in [0, 0.1) is 0 Å². The van der Waals surface area contributed by atoms with Crippen molar-refractivity contribution in [2.45, 2.75) is 90.5 Å². The summed E-state index contributed by atoms with van der Waals surface area (Å²) in [5.41, 5.74) is 3.78. The van der Waals surface area contributed by atoms with Crippen LogP contribution in [-0.4, -0.2) is 78.8 Å². The van der Waals surface area contributed by atoms with Crippen LogP contribution in [0.1, 0.15) is 112 Å². The van der Waals surface area contributed by atoms with Crippen LogP contribution in [0.15, 0.2) is 48.8 Å². The van der Waals surface area contributed by atoms with E-state index >= 15 is 0 Å². The molecular formula is C38H44N6O6. The molecule has 0 saturated carbocycles. The van der Waals surface area contributed by atoms with Crippen molar-refractivity contribution in [1.29, 1.82) is 0 Å². The third-order valence-electron chi connectivity index (χ3n) is 8.85. The first-order valence-electron chi connectivity index (χ1n) is 17.0. The fourth-order valence-corrected chi connectivity index (χ4v) is 6.63. The van der Waals surface area contributed by atoms with E-state index in [9.17, 15) is 19.2 Å². The van der Waals surface area contributed by atoms with Crippen LogP contribution in [0.25, 0.3) is 33.6 Å². The van der Waals surface area contributed by atoms with Gasteiger partial charge >= 0.3 is 12.2 Å². The number of aromatic nitrogens is 4. The van der Waals surface area contributed by atoms with Crippen LogP contribution in [0.3, 0.4) is 0 Å². The van der Waals surface area contributed by atoms with E-state index < -0.39 is 11.2 Å². The number of hydrogen-bond acceptors (Lipinski definition) is 8. The van der Waals surface area contributed by atoms with Crippen molar-refractivity contribution in [2.75, 3.05) is 13.1 Å². The minimum absolute atomic E-state index is 0.231. The number of amides is 2. The van der Waals surface area contributed by atoms with Gasteiger partial charge in [0.05, 0.1) is 35.9 Å². The number of aromatic amines is 2. The second kappa shape index (κ2) is 13.6. The lowest BCUT2D eigenvalue weighted by atomic mass is 9.93. The lowest BCUT2D eigenvalue weighted by Gasteiger charge is -2.27. The maximum Gasteiger partial charge on any atom is 0.410 e. The largest absolute Gasteiger partial charge is 0.444 e. The highest BCUT2D eigenvalue weighted by molar-refractivity contribution is 5.96. The first-order chi connectivity index (χ1) is 23.7. The summed E-state index contributed by atoms with van der Waals surface area (Å²) in [6.45, 7) is 12.2. The zero-order valence-corrected chi connectivity index (χ0v) is 29.4. The topological polar surface area (TPSA) is 151 Å². The normalized spacial score (nSPS) is 18.0. The van der Waals surface area contributed by atoms with Crippen LogP contribution in [-0.2, 0) is 9.47 Å². The Morgan fingerprint density at radius 2 is 1.10 bits per heavy atom. The van der Waals surface area contributed by atoms with Gasteiger partial charge in [0.15, 0.2) is 12.6 Å². The number of hydrogen-bond donors (Lipinski definition) is 2. The first kappa shape index (κ1) is 34.6. The number of nitrogens with zero attached hydrogens (tertiary/aromatic N) is 4. The Kier molecular flexibility index (Phi) is 9.39. The molecule has 0 radical (unpaired) electrons. The van der Waals surface area contributed by atoms with Crippen LogP contribution < -0.4 is 0 Å². The fraction of sp³-hybridized carbons (Fsp3) is 0.421. The number of imidazole rings is 2. The fourth-order valence-electron chi connectivity index (χ4n) is 6.63. The van der Waals surface area contributed by atoms with Crippen LogP contribution in [0.4, 0.5) is 9.59 Å². The standard InChI is InChI=1S/C38H44N6O6/c1-37(2,3)49-35(47)43-15-7-9-31(43)33-39-19-29(41-33)23-11-13-27(25(17-23)21-45)28-14-12-24(18-26(28)22-46)30-20-40-34(42-30)32-10-8-16-44(32)36(48)50-38(4,5)6/h11-14,17-22,31-32H,7-10,15-16H2,1-6H3,(H,39,41)(H,40,42)/t31-,32+. The van der Waals surface area contributed by atoms with Crippen molar-refractivity contribution in [1.82, 2.24) is 29.7 Å². The molecule has 2 aliphatic rings. The Bertz CT molecular complexity index is 1780. The Hall–Kier alpha value is -5.26. The van der Waals surface area contributed by atoms with E-state index in [1.165, 1.54) is 0 Å². The Morgan fingerprint density at radius 3 is 1.46 bits per heavy atom. The predicted molar refractivity (Wildman–Crippen MR) is 188 cm³/mol. The monoisotopic (exact) mass is 680 g/mol. The first-order valence-corrected chi connectivity index (χ1v) is 17.0. The molecule has 2 aromatic heterocycles. The van der Waals surface area contributed by atoms with Gasteiger partial charge in [-0.1, -0.05) is 24.3 Å². The highest BCUT2D eigenvalue weighted by Gasteiger charge is 2.36. The van der Waals surface area contributed by atoms with Crippen LogP contribution >= 0.6 is 0 Å². The smallest absolute Gasteiger partial charge is 0.410 e. The summed E-state index contributed by atoms with van der Waals surface area (Å²) in [4.78, 5) is 69.7. The second-order valence-electron chi connectivity index (χ2n) is 14.9. The van der Waals surface area contributed by atoms with E-state index in [0.29, 0.717) is 58.4 Å². The second-order valence-corrected chi connectivity index (χ2v) is 14.9. The number of ether oxygens (including phenoxy) is 2. The number of benzene rings is 2. The molecule has 4 heterocycles. The summed E-state index contributed by atoms with van der Waals surface area (Å²) in [7, 11) is 0. The molecule has 2 fully saturated rings. The average molecular weight is 681 g/mol. The van der Waals surface area contributed by atoms with Crippen molar-refractivity contribution in [2.24, 2.45) is 0 Å². The number of nitrogens with one attached hydrogen (secondary N) is 2. The SMILES string of the molecule is CC(C)(C)OC(=O)N1CCC[C@@H]1c1ncc(-c2ccc(-c3ccc(-c4cnc([C@@H]5CCCN5C(=O)OC(C)(C)C)[nH]4)cc3C=O)c(C=O)c2)[nH]1. The molecule has 12 heteroatoms. The molecule has 2 aliphatic heterocycles. The molecule has 0 aliphatic carbocycles. The minimum Gasteiger partial charge on any atom is -0.444 e. The number of aldehydes is 2. The quantitative estimate of drug-likeness (QED) is 0.187. The maximum absolute atomic E-state index is 12.8. The molecule has 2 atom stereocenters. The molecule has 12 nitrogen and oxygen atoms in total. The van der Waals surface area contributed by atoms with E-state index in [2.05, 4.69) is 19.9 Å². The van der Waals surface area contributed by atoms with E-state index in [-0.39, 0.29) is 24.3 Å². The van der Waals surface area contributed by atoms with Crippen molar-refractivity contribution in [3.63, 3.8) is 0 Å². The van der Waals surface area contributed by atoms with Crippen molar-refractivity contribution in [3.8, 4) is 33.6 Å². The Labute approximate surface area is 291 Å². The predicted octanol–water partition coefficient (Wildman–Crippen LogP) is 7.90. The van der Waals surface area contributed by atoms with Gasteiger partial charge in [0.1, 0.15) is 22.9 Å². The van der Waals surface area contributed by atoms with E-state index in [1.54, 1.807) is 34.3 Å². The molecule has 50 heavy (non-hydrogen) atoms. The van der Waals surface area contributed by atoms with Gasteiger partial charge in [0, 0.05) is 35.3 Å². The summed E-state index contributed by atoms with van der Waals surface area (Å²) in [5, 5.41) is 0. The number of carbonyl (C=O) groups is 4. The van der Waals surface area contributed by atoms with E-state index in [4.69, 9.17) is 9.47 Å². The zero-order chi connectivity index (χ0) is 35.8. The number of likely N-dealkylation sites (tertiary alicyclic amines) is 2. The third kappa shape index (κ3) is 7.34. The summed E-state index contributed by atoms with van der Waals surface area (Å²) >= 11 is 0. The lowest BCUT2D eigenvalue weighted by Crippen LogP contribution is -2.36. The molecule has 262 valence electrons. The number of rotatable bonds is 7. The van der Waals surface area contributed by atoms with Crippen molar-refractivity contribution < 1.29 is 28.7 Å². The molecule has 2 amide bonds. The highest BCUT2D eigenvalue weighted by atomic mass is 16.6. The van der Waals surface area contributed by atoms with E-state index in [1.807, 2.05) is 65.8 Å². The zero-order valence-electron chi connectivity index (χ0n) is 29.4. The van der Waals surface area contributed by atoms with Gasteiger partial charge in [-0.25, -0.2) is 19.6 Å². The highest BCUT2D eigenvalue weighted by Crippen LogP contribution is 2.36. The van der Waals surface area contributed by atoms with Gasteiger partial charge in [-0.05, 0) is 90.5 Å². The average Bonchev–Trinajstić information content (AvgIpc) is 3.88. The molecule has 0 spiro atoms. The van der Waals surface area contributed by atoms with Gasteiger partial charge in [0.2, 0.25) is 0 Å². The van der Waals surface area contributed by atoms with Crippen molar-refractivity contribution >= 4 is 24.8 Å². The lowest BCUT2D eigenvalue weighted by molar-refractivity contribution is 0.0208. The molecular weight excluding hydrogens is 636 g/mol. The van der Waals surface area contributed by atoms with Gasteiger partial charge in [-0.15, -0.1) is 0 Å². The van der Waals surface area contributed by atoms with Crippen LogP contribution in [0.5, 0.6) is 0 Å². The summed E-state index contributed by atoms with van der Waals surface area (Å²) in [6.07, 6.45) is 7.44. The summed E-state index contributed by atoms with van der Waals surface area (Å²) in [5.74, 6) is 1.32. The molecule has 2 saturated heterocycles. The van der Waals surface area contributed by atoms with E-state index in [0.717, 1.165) is 49.4 Å². The molecule has 2 N–H and O–H groups in total. The molecule has 4 aromatic rings. The summed E-state index contributed by atoms with van der Waals surface area (Å²) in [6, 6.07) is 10.5. The molecule has 0 unspecified atom stereocenters. The van der Waals surface area contributed by atoms with Gasteiger partial charge in [-0.3, -0.25) is 19.4 Å². The minimum atomic E-state index is -0.597. The molecule has 0 bridgehead atoms. The van der Waals surface area contributed by atoms with Gasteiger partial charge in [0.25, 0.3) is 0 Å².